The van der Waals surface area contributed by atoms with Gasteiger partial charge in [0.1, 0.15) is 16.4 Å². The van der Waals surface area contributed by atoms with E-state index in [0.29, 0.717) is 9.98 Å². The molecule has 0 unspecified atom stereocenters. The summed E-state index contributed by atoms with van der Waals surface area (Å²) >= 11 is 10.8. The fourth-order valence-electron chi connectivity index (χ4n) is 2.63. The number of nitrogens with zero attached hydrogens (tertiary/aromatic N) is 2. The lowest BCUT2D eigenvalue weighted by atomic mass is 9.70. The van der Waals surface area contributed by atoms with E-state index >= 15 is 0 Å². The quantitative estimate of drug-likeness (QED) is 0.430. The topological polar surface area (TPSA) is 64.7 Å². The Hall–Kier alpha value is -1.28. The molecule has 0 radical (unpaired) electrons. The zero-order valence-electron chi connectivity index (χ0n) is 16.1. The van der Waals surface area contributed by atoms with Crippen LogP contribution in [0.25, 0.3) is 0 Å². The molecule has 0 spiro atoms. The van der Waals surface area contributed by atoms with Crippen LogP contribution in [-0.2, 0) is 9.59 Å². The van der Waals surface area contributed by atoms with Crippen LogP contribution in [0.2, 0.25) is 0 Å². The number of hydrazine groups is 2. The molecule has 1 aliphatic carbocycles. The van der Waals surface area contributed by atoms with E-state index in [1.807, 2.05) is 20.8 Å². The Morgan fingerprint density at radius 1 is 1.08 bits per heavy atom. The maximum Gasteiger partial charge on any atom is 0.248 e. The van der Waals surface area contributed by atoms with Crippen molar-refractivity contribution >= 4 is 46.2 Å². The fourth-order valence-corrected chi connectivity index (χ4v) is 3.07. The van der Waals surface area contributed by atoms with Gasteiger partial charge in [-0.25, -0.2) is 0 Å². The molecule has 8 heteroatoms. The molecule has 2 amide bonds. The number of hydrogen-bond acceptors (Lipinski definition) is 4. The predicted octanol–water partition coefficient (Wildman–Crippen LogP) is 2.58. The van der Waals surface area contributed by atoms with Gasteiger partial charge in [0.05, 0.1) is 0 Å². The molecule has 1 aliphatic rings. The van der Waals surface area contributed by atoms with Crippen LogP contribution in [0.1, 0.15) is 59.8 Å². The first-order chi connectivity index (χ1) is 11.4. The summed E-state index contributed by atoms with van der Waals surface area (Å²) in [5, 5.41) is 3.07. The SMILES string of the molecule is CCC(C)(C)C(=S)N(C)NC(=O)CC(=O)NN(C)C(=S)C1(C)CCC1. The molecule has 1 rings (SSSR count). The van der Waals surface area contributed by atoms with E-state index in [1.165, 1.54) is 5.01 Å². The Kier molecular flexibility index (Phi) is 7.31. The minimum absolute atomic E-state index is 0.0300. The van der Waals surface area contributed by atoms with Crippen LogP contribution in [0.3, 0.4) is 0 Å². The van der Waals surface area contributed by atoms with E-state index in [1.54, 1.807) is 19.1 Å². The Morgan fingerprint density at radius 3 is 1.96 bits per heavy atom. The molecule has 0 aliphatic heterocycles. The molecule has 0 heterocycles. The molecule has 0 atom stereocenters. The Labute approximate surface area is 161 Å². The van der Waals surface area contributed by atoms with Crippen molar-refractivity contribution in [2.24, 2.45) is 10.8 Å². The van der Waals surface area contributed by atoms with E-state index in [0.717, 1.165) is 25.7 Å². The van der Waals surface area contributed by atoms with Gasteiger partial charge < -0.3 is 0 Å². The van der Waals surface area contributed by atoms with Crippen LogP contribution in [-0.4, -0.2) is 45.9 Å². The number of carbonyl (C=O) groups excluding carboxylic acids is 2. The van der Waals surface area contributed by atoms with Crippen molar-refractivity contribution in [2.45, 2.75) is 59.8 Å². The van der Waals surface area contributed by atoms with E-state index in [-0.39, 0.29) is 17.3 Å². The summed E-state index contributed by atoms with van der Waals surface area (Å²) in [6.45, 7) is 8.17. The Bertz CT molecular complexity index is 517. The summed E-state index contributed by atoms with van der Waals surface area (Å²) in [5.41, 5.74) is 5.08. The molecule has 25 heavy (non-hydrogen) atoms. The number of amides is 2. The van der Waals surface area contributed by atoms with Crippen molar-refractivity contribution in [3.05, 3.63) is 0 Å². The third-order valence-electron chi connectivity index (χ3n) is 4.95. The van der Waals surface area contributed by atoms with E-state index in [9.17, 15) is 9.59 Å². The van der Waals surface area contributed by atoms with Crippen molar-refractivity contribution in [3.8, 4) is 0 Å². The lowest BCUT2D eigenvalue weighted by Crippen LogP contribution is -2.52. The first-order valence-electron chi connectivity index (χ1n) is 8.58. The van der Waals surface area contributed by atoms with Crippen LogP contribution < -0.4 is 10.9 Å². The highest BCUT2D eigenvalue weighted by molar-refractivity contribution is 7.80. The summed E-state index contributed by atoms with van der Waals surface area (Å²) in [5.74, 6) is -0.817. The summed E-state index contributed by atoms with van der Waals surface area (Å²) in [4.78, 5) is 25.5. The first kappa shape index (κ1) is 21.8. The largest absolute Gasteiger partial charge is 0.281 e. The van der Waals surface area contributed by atoms with Crippen molar-refractivity contribution in [3.63, 3.8) is 0 Å². The molecule has 1 fully saturated rings. The minimum atomic E-state index is -0.413. The van der Waals surface area contributed by atoms with Gasteiger partial charge in [-0.3, -0.25) is 30.5 Å². The van der Waals surface area contributed by atoms with Crippen molar-refractivity contribution in [1.82, 2.24) is 20.9 Å². The fraction of sp³-hybridized carbons (Fsp3) is 0.765. The van der Waals surface area contributed by atoms with Crippen molar-refractivity contribution in [1.29, 1.82) is 0 Å². The van der Waals surface area contributed by atoms with Crippen molar-refractivity contribution < 1.29 is 9.59 Å². The summed E-state index contributed by atoms with van der Waals surface area (Å²) < 4.78 is 0. The van der Waals surface area contributed by atoms with E-state index in [2.05, 4.69) is 17.8 Å². The van der Waals surface area contributed by atoms with Gasteiger partial charge in [0.15, 0.2) is 0 Å². The van der Waals surface area contributed by atoms with Gasteiger partial charge in [-0.05, 0) is 19.3 Å². The van der Waals surface area contributed by atoms with Gasteiger partial charge in [-0.2, -0.15) is 0 Å². The number of nitrogens with one attached hydrogen (secondary N) is 2. The van der Waals surface area contributed by atoms with E-state index in [4.69, 9.17) is 24.4 Å². The number of hydrogen-bond donors (Lipinski definition) is 2. The maximum absolute atomic E-state index is 12.1. The number of thiocarbonyl (C=S) groups is 2. The van der Waals surface area contributed by atoms with Gasteiger partial charge in [-0.15, -0.1) is 0 Å². The van der Waals surface area contributed by atoms with Crippen LogP contribution >= 0.6 is 24.4 Å². The van der Waals surface area contributed by atoms with Crippen LogP contribution in [0.4, 0.5) is 0 Å². The molecule has 6 nitrogen and oxygen atoms in total. The molecular weight excluding hydrogens is 356 g/mol. The highest BCUT2D eigenvalue weighted by Crippen LogP contribution is 2.42. The summed E-state index contributed by atoms with van der Waals surface area (Å²) in [6, 6.07) is 0. The second kappa shape index (κ2) is 8.40. The zero-order chi connectivity index (χ0) is 19.4. The lowest BCUT2D eigenvalue weighted by molar-refractivity contribution is -0.132. The molecule has 2 N–H and O–H groups in total. The average Bonchev–Trinajstić information content (AvgIpc) is 2.50. The highest BCUT2D eigenvalue weighted by atomic mass is 32.1. The summed E-state index contributed by atoms with van der Waals surface area (Å²) in [7, 11) is 3.40. The summed E-state index contributed by atoms with van der Waals surface area (Å²) in [6.07, 6.45) is 3.78. The smallest absolute Gasteiger partial charge is 0.248 e. The minimum Gasteiger partial charge on any atom is -0.281 e. The third-order valence-corrected chi connectivity index (χ3v) is 6.54. The number of carbonyl (C=O) groups is 2. The van der Waals surface area contributed by atoms with E-state index < -0.39 is 11.8 Å². The second-order valence-electron chi connectivity index (χ2n) is 7.63. The monoisotopic (exact) mass is 386 g/mol. The average molecular weight is 387 g/mol. The van der Waals surface area contributed by atoms with Gasteiger partial charge in [0, 0.05) is 24.9 Å². The van der Waals surface area contributed by atoms with Gasteiger partial charge >= 0.3 is 0 Å². The molecule has 0 aromatic heterocycles. The highest BCUT2D eigenvalue weighted by Gasteiger charge is 2.38. The molecule has 0 aromatic carbocycles. The second-order valence-corrected chi connectivity index (χ2v) is 8.40. The van der Waals surface area contributed by atoms with Crippen molar-refractivity contribution in [2.75, 3.05) is 14.1 Å². The van der Waals surface area contributed by atoms with Gasteiger partial charge in [-0.1, -0.05) is 58.6 Å². The molecule has 142 valence electrons. The van der Waals surface area contributed by atoms with Gasteiger partial charge in [0.25, 0.3) is 0 Å². The molecular formula is C17H30N4O2S2. The van der Waals surface area contributed by atoms with Crippen LogP contribution in [0.5, 0.6) is 0 Å². The normalized spacial score (nSPS) is 15.6. The molecule has 1 saturated carbocycles. The molecule has 0 bridgehead atoms. The lowest BCUT2D eigenvalue weighted by Gasteiger charge is -2.42. The molecule has 0 saturated heterocycles. The first-order valence-corrected chi connectivity index (χ1v) is 9.40. The predicted molar refractivity (Wildman–Crippen MR) is 108 cm³/mol. The third kappa shape index (κ3) is 5.60. The molecule has 0 aromatic rings. The zero-order valence-corrected chi connectivity index (χ0v) is 17.7. The standard InChI is InChI=1S/C17H30N4O2S2/c1-7-16(2,3)14(24)20(5)18-12(22)11-13(23)19-21(6)15(25)17(4)9-8-10-17/h7-11H2,1-6H3,(H,18,22)(H,19,23). The van der Waals surface area contributed by atoms with Gasteiger partial charge in [0.2, 0.25) is 11.8 Å². The Balaban J connectivity index is 2.47. The number of rotatable bonds is 5. The van der Waals surface area contributed by atoms with Crippen LogP contribution in [0.15, 0.2) is 0 Å². The van der Waals surface area contributed by atoms with Crippen LogP contribution in [0, 0.1) is 10.8 Å². The maximum atomic E-state index is 12.1. The Morgan fingerprint density at radius 2 is 1.56 bits per heavy atom.